The maximum Gasteiger partial charge on any atom is 0.223 e. The van der Waals surface area contributed by atoms with Crippen LogP contribution in [0.25, 0.3) is 0 Å². The lowest BCUT2D eigenvalue weighted by molar-refractivity contribution is -0.129. The highest BCUT2D eigenvalue weighted by molar-refractivity contribution is 5.79. The number of carbonyl (C=O) groups is 1. The van der Waals surface area contributed by atoms with Crippen molar-refractivity contribution in [3.8, 4) is 0 Å². The summed E-state index contributed by atoms with van der Waals surface area (Å²) in [6, 6.07) is 0.449. The van der Waals surface area contributed by atoms with Crippen molar-refractivity contribution in [2.24, 2.45) is 42.6 Å². The summed E-state index contributed by atoms with van der Waals surface area (Å²) in [5.41, 5.74) is 0.499. The van der Waals surface area contributed by atoms with Crippen molar-refractivity contribution in [3.05, 3.63) is 18.0 Å². The second-order valence-electron chi connectivity index (χ2n) is 12.8. The summed E-state index contributed by atoms with van der Waals surface area (Å²) in [5, 5.41) is 15.6. The van der Waals surface area contributed by atoms with Crippen LogP contribution >= 0.6 is 0 Å². The van der Waals surface area contributed by atoms with Crippen LogP contribution in [-0.4, -0.2) is 53.1 Å². The molecule has 2 heterocycles. The number of alkyl halides is 1. The number of piperidine rings is 1. The molecular weight excluding hydrogens is 469 g/mol. The minimum Gasteiger partial charge on any atom is -0.381 e. The number of rotatable bonds is 8. The maximum absolute atomic E-state index is 14.1. The summed E-state index contributed by atoms with van der Waals surface area (Å²) in [7, 11) is 3.70. The molecule has 1 aliphatic heterocycles. The number of aromatic nitrogens is 2. The number of aryl methyl sites for hydroxylation is 1. The minimum atomic E-state index is -0.673. The summed E-state index contributed by atoms with van der Waals surface area (Å²) in [5.74, 6) is 2.42. The van der Waals surface area contributed by atoms with Gasteiger partial charge in [0.25, 0.3) is 0 Å². The summed E-state index contributed by atoms with van der Waals surface area (Å²) in [6.45, 7) is 3.93. The fourth-order valence-electron chi connectivity index (χ4n) is 7.89. The van der Waals surface area contributed by atoms with E-state index in [0.29, 0.717) is 48.0 Å². The highest BCUT2D eigenvalue weighted by atomic mass is 19.1. The van der Waals surface area contributed by atoms with Crippen molar-refractivity contribution in [3.63, 3.8) is 0 Å². The molecule has 1 saturated heterocycles. The van der Waals surface area contributed by atoms with Crippen molar-refractivity contribution in [1.29, 1.82) is 5.41 Å². The molecule has 4 aliphatic rings. The minimum absolute atomic E-state index is 0.0133. The fraction of sp³-hybridized carbons (Fsp3) is 0.862. The third-order valence-electron chi connectivity index (χ3n) is 10.1. The molecule has 9 atom stereocenters. The number of carbonyl (C=O) groups excluding carboxylic acids is 1. The quantitative estimate of drug-likeness (QED) is 0.491. The van der Waals surface area contributed by atoms with Crippen LogP contribution in [0.2, 0.25) is 0 Å². The number of amides is 1. The molecule has 1 aromatic heterocycles. The van der Waals surface area contributed by atoms with Crippen LogP contribution in [0.15, 0.2) is 12.4 Å². The predicted molar refractivity (Wildman–Crippen MR) is 141 cm³/mol. The van der Waals surface area contributed by atoms with E-state index in [1.165, 1.54) is 12.8 Å². The van der Waals surface area contributed by atoms with Gasteiger partial charge in [-0.25, -0.2) is 4.39 Å². The van der Waals surface area contributed by atoms with Gasteiger partial charge in [0.1, 0.15) is 6.17 Å². The number of ether oxygens (including phenoxy) is 1. The third kappa shape index (κ3) is 6.32. The molecular formula is C29H48FN5O2. The van der Waals surface area contributed by atoms with Crippen LogP contribution in [0.1, 0.15) is 71.1 Å². The molecule has 0 bridgehead atoms. The summed E-state index contributed by atoms with van der Waals surface area (Å²) < 4.78 is 23.7. The Balaban J connectivity index is 1.31. The van der Waals surface area contributed by atoms with Crippen molar-refractivity contribution in [2.45, 2.75) is 102 Å². The highest BCUT2D eigenvalue weighted by Gasteiger charge is 2.43. The van der Waals surface area contributed by atoms with Gasteiger partial charge in [0.15, 0.2) is 0 Å². The number of imidazole rings is 1. The molecule has 8 unspecified atom stereocenters. The average molecular weight is 518 g/mol. The van der Waals surface area contributed by atoms with Crippen molar-refractivity contribution < 1.29 is 13.9 Å². The van der Waals surface area contributed by atoms with Gasteiger partial charge in [-0.2, -0.15) is 0 Å². The molecule has 1 aromatic rings. The molecule has 0 spiro atoms. The Labute approximate surface area is 221 Å². The number of methoxy groups -OCH3 is 1. The van der Waals surface area contributed by atoms with Gasteiger partial charge in [0.2, 0.25) is 11.5 Å². The highest BCUT2D eigenvalue weighted by Crippen LogP contribution is 2.46. The Hall–Kier alpha value is -1.67. The van der Waals surface area contributed by atoms with E-state index in [0.717, 1.165) is 51.6 Å². The predicted octanol–water partition coefficient (Wildman–Crippen LogP) is 3.77. The first-order valence-corrected chi connectivity index (χ1v) is 14.8. The zero-order valence-corrected chi connectivity index (χ0v) is 23.0. The zero-order valence-electron chi connectivity index (χ0n) is 23.0. The normalized spacial score (nSPS) is 37.7. The molecule has 208 valence electrons. The number of nitrogens with zero attached hydrogens (tertiary/aromatic N) is 2. The van der Waals surface area contributed by atoms with Crippen LogP contribution in [-0.2, 0) is 23.1 Å². The van der Waals surface area contributed by atoms with Crippen molar-refractivity contribution >= 4 is 5.91 Å². The standard InChI is InChI=1S/C29H48FN5O2/c1-18-12-23(30)6-7-25(18)21-13-19(17-35-11-10-34(2)29(35)31)14-22(15-21)28(36)33-27(20-4-5-20)26-16-24(37-3)8-9-32-26/h10-11,18-27,31-32H,4-9,12-17H2,1-3H3,(H,33,36)/t18?,19?,21?,22?,23?,24?,25?,26?,27-/m1/s1. The van der Waals surface area contributed by atoms with E-state index in [9.17, 15) is 9.18 Å². The number of halogens is 1. The molecule has 3 N–H and O–H groups in total. The largest absolute Gasteiger partial charge is 0.381 e. The Morgan fingerprint density at radius 3 is 2.65 bits per heavy atom. The summed E-state index contributed by atoms with van der Waals surface area (Å²) in [4.78, 5) is 13.9. The van der Waals surface area contributed by atoms with Gasteiger partial charge in [-0.15, -0.1) is 0 Å². The van der Waals surface area contributed by atoms with E-state index in [1.54, 1.807) is 7.11 Å². The van der Waals surface area contributed by atoms with E-state index in [1.807, 2.05) is 28.6 Å². The second-order valence-corrected chi connectivity index (χ2v) is 12.8. The van der Waals surface area contributed by atoms with Gasteiger partial charge in [-0.1, -0.05) is 6.92 Å². The van der Waals surface area contributed by atoms with E-state index in [2.05, 4.69) is 17.6 Å². The third-order valence-corrected chi connectivity index (χ3v) is 10.1. The van der Waals surface area contributed by atoms with Gasteiger partial charge in [-0.05, 0) is 100 Å². The lowest BCUT2D eigenvalue weighted by Crippen LogP contribution is -2.56. The van der Waals surface area contributed by atoms with Crippen molar-refractivity contribution in [2.75, 3.05) is 13.7 Å². The Bertz CT molecular complexity index is 974. The Kier molecular flexibility index (Phi) is 8.44. The molecule has 0 aromatic carbocycles. The van der Waals surface area contributed by atoms with Crippen LogP contribution in [0, 0.1) is 40.9 Å². The Morgan fingerprint density at radius 1 is 1.16 bits per heavy atom. The average Bonchev–Trinajstić information content (AvgIpc) is 3.69. The SMILES string of the molecule is COC1CCNC([C@H](NC(=O)C2CC(Cn3ccn(C)c3=N)CC(C3CCC(F)CC3C)C2)C2CC2)C1. The zero-order chi connectivity index (χ0) is 26.1. The van der Waals surface area contributed by atoms with E-state index >= 15 is 0 Å². The van der Waals surface area contributed by atoms with E-state index in [4.69, 9.17) is 10.1 Å². The molecule has 3 aliphatic carbocycles. The molecule has 7 nitrogen and oxygen atoms in total. The first-order valence-electron chi connectivity index (χ1n) is 14.8. The van der Waals surface area contributed by atoms with Gasteiger partial charge in [0.05, 0.1) is 6.10 Å². The first-order chi connectivity index (χ1) is 17.8. The van der Waals surface area contributed by atoms with Crippen LogP contribution in [0.3, 0.4) is 0 Å². The molecule has 5 rings (SSSR count). The smallest absolute Gasteiger partial charge is 0.223 e. The summed E-state index contributed by atoms with van der Waals surface area (Å²) in [6.07, 6.45) is 13.0. The number of hydrogen-bond acceptors (Lipinski definition) is 4. The van der Waals surface area contributed by atoms with E-state index in [-0.39, 0.29) is 30.0 Å². The van der Waals surface area contributed by atoms with Crippen molar-refractivity contribution in [1.82, 2.24) is 19.8 Å². The van der Waals surface area contributed by atoms with E-state index < -0.39 is 6.17 Å². The Morgan fingerprint density at radius 2 is 1.97 bits per heavy atom. The number of nitrogens with one attached hydrogen (secondary N) is 3. The fourth-order valence-corrected chi connectivity index (χ4v) is 7.89. The van der Waals surface area contributed by atoms with Gasteiger partial charge in [0, 0.05) is 51.1 Å². The number of hydrogen-bond donors (Lipinski definition) is 3. The molecule has 3 saturated carbocycles. The molecule has 37 heavy (non-hydrogen) atoms. The summed E-state index contributed by atoms with van der Waals surface area (Å²) >= 11 is 0. The molecule has 0 radical (unpaired) electrons. The van der Waals surface area contributed by atoms with Gasteiger partial charge < -0.3 is 24.5 Å². The van der Waals surface area contributed by atoms with Crippen LogP contribution in [0.4, 0.5) is 4.39 Å². The van der Waals surface area contributed by atoms with Gasteiger partial charge in [-0.3, -0.25) is 10.2 Å². The first kappa shape index (κ1) is 26.9. The maximum atomic E-state index is 14.1. The topological polar surface area (TPSA) is 84.1 Å². The second kappa shape index (κ2) is 11.6. The van der Waals surface area contributed by atoms with Gasteiger partial charge >= 0.3 is 0 Å². The lowest BCUT2D eigenvalue weighted by atomic mass is 9.63. The monoisotopic (exact) mass is 517 g/mol. The lowest BCUT2D eigenvalue weighted by Gasteiger charge is -2.43. The van der Waals surface area contributed by atoms with Crippen LogP contribution < -0.4 is 16.3 Å². The molecule has 8 heteroatoms. The molecule has 1 amide bonds. The molecule has 4 fully saturated rings. The van der Waals surface area contributed by atoms with Crippen LogP contribution in [0.5, 0.6) is 0 Å².